The van der Waals surface area contributed by atoms with Crippen molar-refractivity contribution < 1.29 is 4.79 Å². The van der Waals surface area contributed by atoms with E-state index in [1.54, 1.807) is 4.68 Å². The van der Waals surface area contributed by atoms with Gasteiger partial charge in [0.15, 0.2) is 0 Å². The van der Waals surface area contributed by atoms with E-state index in [1.807, 2.05) is 55.7 Å². The Morgan fingerprint density at radius 1 is 1.11 bits per heavy atom. The van der Waals surface area contributed by atoms with Crippen LogP contribution in [0.5, 0.6) is 0 Å². The molecule has 5 heteroatoms. The third kappa shape index (κ3) is 4.87. The van der Waals surface area contributed by atoms with Gasteiger partial charge in [-0.2, -0.15) is 5.10 Å². The fraction of sp³-hybridized carbons (Fsp3) is 0.304. The third-order valence-electron chi connectivity index (χ3n) is 4.96. The molecule has 0 aliphatic carbocycles. The topological polar surface area (TPSA) is 50.2 Å². The van der Waals surface area contributed by atoms with E-state index in [2.05, 4.69) is 48.3 Å². The van der Waals surface area contributed by atoms with Crippen LogP contribution in [0.4, 0.5) is 0 Å². The molecule has 1 amide bonds. The molecule has 0 aliphatic heterocycles. The minimum atomic E-state index is -0.0739. The minimum Gasteiger partial charge on any atom is -0.348 e. The molecule has 3 aromatic rings. The van der Waals surface area contributed by atoms with Crippen molar-refractivity contribution in [2.45, 2.75) is 39.9 Å². The van der Waals surface area contributed by atoms with Gasteiger partial charge in [-0.15, -0.1) is 0 Å². The molecule has 0 spiro atoms. The molecule has 146 valence electrons. The highest BCUT2D eigenvalue weighted by molar-refractivity contribution is 5.94. The smallest absolute Gasteiger partial charge is 0.251 e. The molecule has 0 fully saturated rings. The summed E-state index contributed by atoms with van der Waals surface area (Å²) in [4.78, 5) is 14.9. The Balaban J connectivity index is 1.64. The summed E-state index contributed by atoms with van der Waals surface area (Å²) >= 11 is 0. The molecule has 0 radical (unpaired) electrons. The molecule has 5 nitrogen and oxygen atoms in total. The highest BCUT2D eigenvalue weighted by Gasteiger charge is 2.10. The van der Waals surface area contributed by atoms with Gasteiger partial charge in [0.05, 0.1) is 11.9 Å². The third-order valence-corrected chi connectivity index (χ3v) is 4.96. The first-order valence-corrected chi connectivity index (χ1v) is 9.61. The van der Waals surface area contributed by atoms with Crippen molar-refractivity contribution in [3.63, 3.8) is 0 Å². The Morgan fingerprint density at radius 3 is 2.39 bits per heavy atom. The van der Waals surface area contributed by atoms with Crippen molar-refractivity contribution in [2.75, 3.05) is 7.05 Å². The molecule has 1 N–H and O–H groups in total. The van der Waals surface area contributed by atoms with Crippen molar-refractivity contribution >= 4 is 5.91 Å². The van der Waals surface area contributed by atoms with E-state index < -0.39 is 0 Å². The number of carbonyl (C=O) groups is 1. The van der Waals surface area contributed by atoms with Gasteiger partial charge in [-0.1, -0.05) is 24.3 Å². The zero-order valence-electron chi connectivity index (χ0n) is 17.0. The Bertz CT molecular complexity index is 928. The second kappa shape index (κ2) is 8.85. The molecule has 0 saturated heterocycles. The first-order chi connectivity index (χ1) is 13.4. The lowest BCUT2D eigenvalue weighted by Gasteiger charge is -2.22. The van der Waals surface area contributed by atoms with Gasteiger partial charge in [0.2, 0.25) is 0 Å². The van der Waals surface area contributed by atoms with E-state index in [-0.39, 0.29) is 5.91 Å². The van der Waals surface area contributed by atoms with Gasteiger partial charge in [-0.25, -0.2) is 4.68 Å². The van der Waals surface area contributed by atoms with Crippen LogP contribution in [-0.2, 0) is 13.1 Å². The maximum Gasteiger partial charge on any atom is 0.251 e. The van der Waals surface area contributed by atoms with Crippen LogP contribution in [0.15, 0.2) is 60.9 Å². The first kappa shape index (κ1) is 19.8. The number of aromatic nitrogens is 2. The van der Waals surface area contributed by atoms with E-state index in [0.29, 0.717) is 18.2 Å². The van der Waals surface area contributed by atoms with Crippen LogP contribution in [0, 0.1) is 6.92 Å². The van der Waals surface area contributed by atoms with Crippen molar-refractivity contribution in [1.82, 2.24) is 20.0 Å². The summed E-state index contributed by atoms with van der Waals surface area (Å²) in [6.45, 7) is 7.74. The van der Waals surface area contributed by atoms with Crippen LogP contribution in [0.1, 0.15) is 40.9 Å². The Hall–Kier alpha value is -2.92. The average Bonchev–Trinajstić information content (AvgIpc) is 3.13. The zero-order chi connectivity index (χ0) is 20.1. The molecule has 28 heavy (non-hydrogen) atoms. The van der Waals surface area contributed by atoms with Crippen LogP contribution in [-0.4, -0.2) is 33.7 Å². The largest absolute Gasteiger partial charge is 0.348 e. The molecule has 0 unspecified atom stereocenters. The SMILES string of the molecule is Cc1cnn(-c2ccc(C(=O)NCc3ccccc3CN(C)C(C)C)cc2)c1. The lowest BCUT2D eigenvalue weighted by molar-refractivity contribution is 0.0950. The maximum absolute atomic E-state index is 12.6. The van der Waals surface area contributed by atoms with Gasteiger partial charge in [-0.3, -0.25) is 9.69 Å². The summed E-state index contributed by atoms with van der Waals surface area (Å²) in [5, 5.41) is 7.34. The van der Waals surface area contributed by atoms with Crippen molar-refractivity contribution in [3.05, 3.63) is 83.2 Å². The quantitative estimate of drug-likeness (QED) is 0.679. The molecule has 1 aromatic heterocycles. The van der Waals surface area contributed by atoms with E-state index in [4.69, 9.17) is 0 Å². The molecular weight excluding hydrogens is 348 g/mol. The molecule has 0 aliphatic rings. The standard InChI is InChI=1S/C23H28N4O/c1-17(2)26(4)16-21-8-6-5-7-20(21)14-24-23(28)19-9-11-22(12-10-19)27-15-18(3)13-25-27/h5-13,15,17H,14,16H2,1-4H3,(H,24,28). The van der Waals surface area contributed by atoms with Crippen LogP contribution in [0.2, 0.25) is 0 Å². The summed E-state index contributed by atoms with van der Waals surface area (Å²) in [5.74, 6) is -0.0739. The van der Waals surface area contributed by atoms with Gasteiger partial charge in [-0.05, 0) is 68.8 Å². The number of benzene rings is 2. The summed E-state index contributed by atoms with van der Waals surface area (Å²) < 4.78 is 1.80. The number of aryl methyl sites for hydroxylation is 1. The van der Waals surface area contributed by atoms with Gasteiger partial charge < -0.3 is 5.32 Å². The fourth-order valence-electron chi connectivity index (χ4n) is 2.93. The lowest BCUT2D eigenvalue weighted by Crippen LogP contribution is -2.27. The number of nitrogens with one attached hydrogen (secondary N) is 1. The average molecular weight is 377 g/mol. The predicted molar refractivity (Wildman–Crippen MR) is 113 cm³/mol. The molecule has 0 saturated carbocycles. The predicted octanol–water partition coefficient (Wildman–Crippen LogP) is 3.95. The van der Waals surface area contributed by atoms with E-state index in [9.17, 15) is 4.79 Å². The summed E-state index contributed by atoms with van der Waals surface area (Å²) in [6, 6.07) is 16.2. The van der Waals surface area contributed by atoms with Crippen LogP contribution >= 0.6 is 0 Å². The van der Waals surface area contributed by atoms with E-state index >= 15 is 0 Å². The van der Waals surface area contributed by atoms with Crippen molar-refractivity contribution in [3.8, 4) is 5.69 Å². The van der Waals surface area contributed by atoms with Gasteiger partial charge in [0.1, 0.15) is 0 Å². The van der Waals surface area contributed by atoms with Crippen molar-refractivity contribution in [2.24, 2.45) is 0 Å². The highest BCUT2D eigenvalue weighted by atomic mass is 16.1. The molecule has 2 aromatic carbocycles. The van der Waals surface area contributed by atoms with Crippen molar-refractivity contribution in [1.29, 1.82) is 0 Å². The molecule has 0 atom stereocenters. The van der Waals surface area contributed by atoms with Crippen LogP contribution in [0.25, 0.3) is 5.69 Å². The van der Waals surface area contributed by atoms with Crippen LogP contribution < -0.4 is 5.32 Å². The number of nitrogens with zero attached hydrogens (tertiary/aromatic N) is 3. The molecular formula is C23H28N4O. The lowest BCUT2D eigenvalue weighted by atomic mass is 10.1. The van der Waals surface area contributed by atoms with Crippen LogP contribution in [0.3, 0.4) is 0 Å². The Kier molecular flexibility index (Phi) is 6.26. The maximum atomic E-state index is 12.6. The van der Waals surface area contributed by atoms with Gasteiger partial charge in [0, 0.05) is 30.9 Å². The summed E-state index contributed by atoms with van der Waals surface area (Å²) in [7, 11) is 2.11. The minimum absolute atomic E-state index is 0.0739. The fourth-order valence-corrected chi connectivity index (χ4v) is 2.93. The molecule has 1 heterocycles. The Labute approximate surface area is 167 Å². The Morgan fingerprint density at radius 2 is 1.79 bits per heavy atom. The normalized spacial score (nSPS) is 11.2. The number of carbonyl (C=O) groups excluding carboxylic acids is 1. The number of hydrogen-bond acceptors (Lipinski definition) is 3. The number of rotatable bonds is 7. The molecule has 0 bridgehead atoms. The monoisotopic (exact) mass is 376 g/mol. The number of amides is 1. The summed E-state index contributed by atoms with van der Waals surface area (Å²) in [5.41, 5.74) is 5.06. The number of hydrogen-bond donors (Lipinski definition) is 1. The van der Waals surface area contributed by atoms with E-state index in [1.165, 1.54) is 5.56 Å². The second-order valence-corrected chi connectivity index (χ2v) is 7.47. The van der Waals surface area contributed by atoms with E-state index in [0.717, 1.165) is 23.4 Å². The first-order valence-electron chi connectivity index (χ1n) is 9.61. The van der Waals surface area contributed by atoms with Gasteiger partial charge >= 0.3 is 0 Å². The van der Waals surface area contributed by atoms with Gasteiger partial charge in [0.25, 0.3) is 5.91 Å². The second-order valence-electron chi connectivity index (χ2n) is 7.47. The molecule has 3 rings (SSSR count). The summed E-state index contributed by atoms with van der Waals surface area (Å²) in [6.07, 6.45) is 3.77. The zero-order valence-corrected chi connectivity index (χ0v) is 17.0. The highest BCUT2D eigenvalue weighted by Crippen LogP contribution is 2.14.